The lowest BCUT2D eigenvalue weighted by atomic mass is 9.98. The molecule has 7 heteroatoms. The Morgan fingerprint density at radius 3 is 2.62 bits per heavy atom. The summed E-state index contributed by atoms with van der Waals surface area (Å²) in [5.74, 6) is -0.989. The van der Waals surface area contributed by atoms with E-state index in [-0.39, 0.29) is 12.0 Å². The van der Waals surface area contributed by atoms with Crippen LogP contribution < -0.4 is 0 Å². The predicted molar refractivity (Wildman–Crippen MR) is 68.0 cm³/mol. The van der Waals surface area contributed by atoms with Crippen LogP contribution in [0.25, 0.3) is 0 Å². The molecule has 0 radical (unpaired) electrons. The monoisotopic (exact) mass is 302 g/mol. The molecule has 1 aromatic carbocycles. The fourth-order valence-electron chi connectivity index (χ4n) is 2.08. The minimum atomic E-state index is -4.72. The van der Waals surface area contributed by atoms with Gasteiger partial charge in [0.25, 0.3) is 0 Å². The highest BCUT2D eigenvalue weighted by atomic mass is 19.4. The van der Waals surface area contributed by atoms with Crippen molar-refractivity contribution in [3.8, 4) is 0 Å². The Hall–Kier alpha value is -1.89. The van der Waals surface area contributed by atoms with Crippen LogP contribution in [-0.4, -0.2) is 14.9 Å². The van der Waals surface area contributed by atoms with Gasteiger partial charge in [-0.1, -0.05) is 6.07 Å². The third-order valence-corrected chi connectivity index (χ3v) is 3.12. The number of aliphatic hydroxyl groups excluding tert-OH is 1. The molecule has 1 atom stereocenters. The summed E-state index contributed by atoms with van der Waals surface area (Å²) in [6, 6.07) is 2.27. The number of rotatable bonds is 4. The largest absolute Gasteiger partial charge is 0.416 e. The molecule has 0 saturated carbocycles. The second-order valence-electron chi connectivity index (χ2n) is 4.65. The van der Waals surface area contributed by atoms with Crippen molar-refractivity contribution in [2.75, 3.05) is 0 Å². The number of hydrogen-bond donors (Lipinski definition) is 1. The molecule has 0 fully saturated rings. The fourth-order valence-corrected chi connectivity index (χ4v) is 2.08. The molecule has 2 rings (SSSR count). The molecule has 0 aliphatic carbocycles. The number of aliphatic hydroxyl groups is 1. The van der Waals surface area contributed by atoms with Crippen LogP contribution >= 0.6 is 0 Å². The van der Waals surface area contributed by atoms with Crippen LogP contribution in [0.2, 0.25) is 0 Å². The van der Waals surface area contributed by atoms with E-state index in [1.54, 1.807) is 10.9 Å². The molecule has 2 aromatic rings. The van der Waals surface area contributed by atoms with Crippen molar-refractivity contribution in [2.24, 2.45) is 0 Å². The van der Waals surface area contributed by atoms with E-state index >= 15 is 0 Å². The first-order valence-corrected chi connectivity index (χ1v) is 6.37. The first-order valence-electron chi connectivity index (χ1n) is 6.37. The number of alkyl halides is 3. The summed E-state index contributed by atoms with van der Waals surface area (Å²) in [7, 11) is 0. The van der Waals surface area contributed by atoms with Crippen LogP contribution in [0.3, 0.4) is 0 Å². The Bertz CT molecular complexity index is 622. The van der Waals surface area contributed by atoms with Crippen LogP contribution in [0, 0.1) is 5.82 Å². The van der Waals surface area contributed by atoms with Gasteiger partial charge in [0, 0.05) is 19.2 Å². The zero-order valence-corrected chi connectivity index (χ0v) is 11.2. The molecule has 0 aliphatic heterocycles. The zero-order chi connectivity index (χ0) is 15.6. The Balaban J connectivity index is 2.28. The van der Waals surface area contributed by atoms with Gasteiger partial charge in [0.2, 0.25) is 0 Å². The molecule has 0 bridgehead atoms. The highest BCUT2D eigenvalue weighted by molar-refractivity contribution is 5.33. The maximum Gasteiger partial charge on any atom is 0.416 e. The second-order valence-corrected chi connectivity index (χ2v) is 4.65. The molecule has 21 heavy (non-hydrogen) atoms. The zero-order valence-electron chi connectivity index (χ0n) is 11.2. The summed E-state index contributed by atoms with van der Waals surface area (Å²) >= 11 is 0. The van der Waals surface area contributed by atoms with Crippen LogP contribution in [-0.2, 0) is 19.1 Å². The van der Waals surface area contributed by atoms with Gasteiger partial charge < -0.3 is 5.11 Å². The highest BCUT2D eigenvalue weighted by Gasteiger charge is 2.35. The van der Waals surface area contributed by atoms with E-state index in [1.165, 1.54) is 6.20 Å². The van der Waals surface area contributed by atoms with Crippen LogP contribution in [0.4, 0.5) is 17.6 Å². The standard InChI is InChI=1S/C14H14F4N2O/c1-2-20-8-9(7-19-20)5-13(21)11-4-3-10(15)6-12(11)14(16,17)18/h3-4,6-8,13,21H,2,5H2,1H3. The summed E-state index contributed by atoms with van der Waals surface area (Å²) in [4.78, 5) is 0. The molecule has 1 N–H and O–H groups in total. The molecule has 0 amide bonds. The highest BCUT2D eigenvalue weighted by Crippen LogP contribution is 2.35. The number of aromatic nitrogens is 2. The van der Waals surface area contributed by atoms with Crippen molar-refractivity contribution in [2.45, 2.75) is 32.2 Å². The van der Waals surface area contributed by atoms with Crippen molar-refractivity contribution in [1.82, 2.24) is 9.78 Å². The summed E-state index contributed by atoms with van der Waals surface area (Å²) < 4.78 is 53.3. The maximum absolute atomic E-state index is 13.0. The summed E-state index contributed by atoms with van der Waals surface area (Å²) in [6.07, 6.45) is -2.97. The second kappa shape index (κ2) is 5.85. The normalized spacial score (nSPS) is 13.4. The van der Waals surface area contributed by atoms with Gasteiger partial charge in [-0.3, -0.25) is 4.68 Å². The number of aryl methyl sites for hydroxylation is 1. The average Bonchev–Trinajstić information content (AvgIpc) is 2.85. The first-order chi connectivity index (χ1) is 9.81. The van der Waals surface area contributed by atoms with Gasteiger partial charge in [-0.05, 0) is 30.2 Å². The van der Waals surface area contributed by atoms with Gasteiger partial charge in [-0.25, -0.2) is 4.39 Å². The van der Waals surface area contributed by atoms with E-state index < -0.39 is 23.7 Å². The van der Waals surface area contributed by atoms with Crippen LogP contribution in [0.15, 0.2) is 30.6 Å². The summed E-state index contributed by atoms with van der Waals surface area (Å²) in [5, 5.41) is 14.0. The average molecular weight is 302 g/mol. The lowest BCUT2D eigenvalue weighted by molar-refractivity contribution is -0.139. The van der Waals surface area contributed by atoms with Gasteiger partial charge in [-0.15, -0.1) is 0 Å². The molecular formula is C14H14F4N2O. The molecule has 1 heterocycles. The minimum absolute atomic E-state index is 0.0191. The predicted octanol–water partition coefficient (Wildman–Crippen LogP) is 3.34. The molecule has 1 unspecified atom stereocenters. The quantitative estimate of drug-likeness (QED) is 0.880. The van der Waals surface area contributed by atoms with E-state index in [4.69, 9.17) is 0 Å². The third kappa shape index (κ3) is 3.60. The lowest BCUT2D eigenvalue weighted by Crippen LogP contribution is -2.13. The molecule has 0 spiro atoms. The molecule has 3 nitrogen and oxygen atoms in total. The smallest absolute Gasteiger partial charge is 0.388 e. The number of halogens is 4. The molecule has 0 saturated heterocycles. The minimum Gasteiger partial charge on any atom is -0.388 e. The van der Waals surface area contributed by atoms with E-state index in [0.29, 0.717) is 18.2 Å². The lowest BCUT2D eigenvalue weighted by Gasteiger charge is -2.17. The van der Waals surface area contributed by atoms with Gasteiger partial charge in [0.15, 0.2) is 0 Å². The number of benzene rings is 1. The van der Waals surface area contributed by atoms with Crippen molar-refractivity contribution in [3.05, 3.63) is 53.1 Å². The van der Waals surface area contributed by atoms with E-state index in [1.807, 2.05) is 6.92 Å². The number of hydrogen-bond acceptors (Lipinski definition) is 2. The van der Waals surface area contributed by atoms with Gasteiger partial charge >= 0.3 is 6.18 Å². The maximum atomic E-state index is 13.0. The Kier molecular flexibility index (Phi) is 4.32. The van der Waals surface area contributed by atoms with Gasteiger partial charge in [-0.2, -0.15) is 18.3 Å². The third-order valence-electron chi connectivity index (χ3n) is 3.12. The molecule has 114 valence electrons. The first kappa shape index (κ1) is 15.5. The van der Waals surface area contributed by atoms with Gasteiger partial charge in [0.1, 0.15) is 5.82 Å². The van der Waals surface area contributed by atoms with Crippen molar-refractivity contribution >= 4 is 0 Å². The topological polar surface area (TPSA) is 38.0 Å². The van der Waals surface area contributed by atoms with Crippen LogP contribution in [0.5, 0.6) is 0 Å². The van der Waals surface area contributed by atoms with Crippen LogP contribution in [0.1, 0.15) is 29.7 Å². The Labute approximate surface area is 118 Å². The van der Waals surface area contributed by atoms with E-state index in [9.17, 15) is 22.7 Å². The SMILES string of the molecule is CCn1cc(CC(O)c2ccc(F)cc2C(F)(F)F)cn1. The van der Waals surface area contributed by atoms with Gasteiger partial charge in [0.05, 0.1) is 17.9 Å². The summed E-state index contributed by atoms with van der Waals surface area (Å²) in [6.45, 7) is 2.50. The number of nitrogens with zero attached hydrogens (tertiary/aromatic N) is 2. The summed E-state index contributed by atoms with van der Waals surface area (Å²) in [5.41, 5.74) is -0.882. The molecule has 1 aromatic heterocycles. The van der Waals surface area contributed by atoms with E-state index in [0.717, 1.165) is 12.1 Å². The Morgan fingerprint density at radius 2 is 2.05 bits per heavy atom. The van der Waals surface area contributed by atoms with Crippen molar-refractivity contribution in [1.29, 1.82) is 0 Å². The molecular weight excluding hydrogens is 288 g/mol. The van der Waals surface area contributed by atoms with Crippen molar-refractivity contribution < 1.29 is 22.7 Å². The van der Waals surface area contributed by atoms with Crippen molar-refractivity contribution in [3.63, 3.8) is 0 Å². The van der Waals surface area contributed by atoms with E-state index in [2.05, 4.69) is 5.10 Å². The Morgan fingerprint density at radius 1 is 1.33 bits per heavy atom. The molecule has 0 aliphatic rings. The fraction of sp³-hybridized carbons (Fsp3) is 0.357.